The van der Waals surface area contributed by atoms with Crippen molar-refractivity contribution in [1.29, 1.82) is 0 Å². The number of hydrogen-bond donors (Lipinski definition) is 2. The summed E-state index contributed by atoms with van der Waals surface area (Å²) in [5.74, 6) is 1.37. The standard InChI is InChI=1S/C54H62N12O10S2/c1-34-28-73-19-17-65(34)47-41-11-13-44(58-45(41)59-51(61-47)63-15-21-75-53(30-63)14-23-77(69,70)32-53)37-7-5-9-39(25-37)50(68)56-27-40-26-54(33-78(40,71)72)31-64(16-22-76-54)52-60-46-42(48(62-52)66-18-20-74-29-35(66)2)10-12-43(57-46)36-6-4-8-38(24-36)49(67)55-3/h4-13,24-25,34-35,40H,14-23,26-33H2,1-3H3,(H,55,67)(H,56,68)/t34-,35-,40?,53+,54-/m0/s1. The van der Waals surface area contributed by atoms with Gasteiger partial charge in [0.05, 0.1) is 109 Å². The second-order valence-electron chi connectivity index (χ2n) is 21.4. The maximum absolute atomic E-state index is 14.1. The fourth-order valence-corrected chi connectivity index (χ4v) is 15.9. The van der Waals surface area contributed by atoms with Gasteiger partial charge < -0.3 is 49.2 Å². The zero-order valence-corrected chi connectivity index (χ0v) is 45.4. The molecule has 12 rings (SSSR count). The number of benzene rings is 2. The third-order valence-corrected chi connectivity index (χ3v) is 19.9. The Morgan fingerprint density at radius 1 is 0.641 bits per heavy atom. The van der Waals surface area contributed by atoms with Gasteiger partial charge in [0.2, 0.25) is 11.9 Å². The summed E-state index contributed by atoms with van der Waals surface area (Å²) in [5.41, 5.74) is 2.40. The first-order valence-corrected chi connectivity index (χ1v) is 30.1. The highest BCUT2D eigenvalue weighted by atomic mass is 32.2. The Hall–Kier alpha value is -6.70. The molecule has 22 nitrogen and oxygen atoms in total. The van der Waals surface area contributed by atoms with Gasteiger partial charge in [-0.1, -0.05) is 24.3 Å². The minimum Gasteiger partial charge on any atom is -0.377 e. The summed E-state index contributed by atoms with van der Waals surface area (Å²) in [4.78, 5) is 65.2. The van der Waals surface area contributed by atoms with Crippen LogP contribution in [0.1, 0.15) is 47.4 Å². The highest BCUT2D eigenvalue weighted by Crippen LogP contribution is 2.39. The molecule has 6 aromatic rings. The number of sulfone groups is 2. The molecule has 2 aromatic carbocycles. The molecule has 0 saturated carbocycles. The van der Waals surface area contributed by atoms with E-state index in [1.165, 1.54) is 0 Å². The molecule has 4 aromatic heterocycles. The van der Waals surface area contributed by atoms with Crippen LogP contribution in [0.3, 0.4) is 0 Å². The second kappa shape index (κ2) is 20.5. The first-order chi connectivity index (χ1) is 37.6. The first kappa shape index (κ1) is 52.0. The van der Waals surface area contributed by atoms with Crippen molar-refractivity contribution < 1.29 is 45.4 Å². The number of fused-ring (bicyclic) bond motifs is 2. The van der Waals surface area contributed by atoms with Gasteiger partial charge in [-0.25, -0.2) is 26.8 Å². The lowest BCUT2D eigenvalue weighted by Gasteiger charge is -2.40. The van der Waals surface area contributed by atoms with Crippen molar-refractivity contribution in [1.82, 2.24) is 40.5 Å². The van der Waals surface area contributed by atoms with Crippen LogP contribution >= 0.6 is 0 Å². The van der Waals surface area contributed by atoms with Crippen molar-refractivity contribution >= 4 is 77.1 Å². The van der Waals surface area contributed by atoms with Crippen molar-refractivity contribution in [2.24, 2.45) is 0 Å². The molecule has 5 atom stereocenters. The Morgan fingerprint density at radius 3 is 1.71 bits per heavy atom. The van der Waals surface area contributed by atoms with Gasteiger partial charge >= 0.3 is 0 Å². The zero-order valence-electron chi connectivity index (χ0n) is 43.8. The summed E-state index contributed by atoms with van der Waals surface area (Å²) in [6, 6.07) is 22.0. The average Bonchev–Trinajstić information content (AvgIpc) is 4.00. The topological polar surface area (TPSA) is 254 Å². The molecule has 78 heavy (non-hydrogen) atoms. The summed E-state index contributed by atoms with van der Waals surface area (Å²) in [7, 11) is -5.38. The van der Waals surface area contributed by atoms with E-state index >= 15 is 0 Å². The van der Waals surface area contributed by atoms with Gasteiger partial charge in [0.1, 0.15) is 22.8 Å². The summed E-state index contributed by atoms with van der Waals surface area (Å²) < 4.78 is 77.4. The van der Waals surface area contributed by atoms with E-state index < -0.39 is 42.0 Å². The lowest BCUT2D eigenvalue weighted by molar-refractivity contribution is -0.0393. The maximum atomic E-state index is 14.1. The summed E-state index contributed by atoms with van der Waals surface area (Å²) in [6.07, 6.45) is 0.558. The predicted octanol–water partition coefficient (Wildman–Crippen LogP) is 3.09. The van der Waals surface area contributed by atoms with E-state index in [1.807, 2.05) is 52.3 Å². The van der Waals surface area contributed by atoms with Gasteiger partial charge in [-0.2, -0.15) is 19.9 Å². The van der Waals surface area contributed by atoms with Crippen molar-refractivity contribution in [3.8, 4) is 22.5 Å². The molecule has 6 aliphatic rings. The van der Waals surface area contributed by atoms with E-state index in [-0.39, 0.29) is 61.4 Å². The Balaban J connectivity index is 0.775. The quantitative estimate of drug-likeness (QED) is 0.200. The Bertz CT molecular complexity index is 3580. The molecule has 6 saturated heterocycles. The second-order valence-corrected chi connectivity index (χ2v) is 25.9. The van der Waals surface area contributed by atoms with Crippen LogP contribution in [0.5, 0.6) is 0 Å². The number of hydrogen-bond acceptors (Lipinski definition) is 20. The van der Waals surface area contributed by atoms with E-state index in [4.69, 9.17) is 48.9 Å². The molecular weight excluding hydrogens is 1040 g/mol. The molecule has 0 aliphatic carbocycles. The Kier molecular flexibility index (Phi) is 13.7. The van der Waals surface area contributed by atoms with Gasteiger partial charge in [-0.15, -0.1) is 0 Å². The predicted molar refractivity (Wildman–Crippen MR) is 294 cm³/mol. The van der Waals surface area contributed by atoms with Crippen LogP contribution in [-0.4, -0.2) is 197 Å². The number of carbonyl (C=O) groups excluding carboxylic acids is 2. The number of carbonyl (C=O) groups is 2. The van der Waals surface area contributed by atoms with Gasteiger partial charge in [0.15, 0.2) is 31.0 Å². The third kappa shape index (κ3) is 10.2. The number of ether oxygens (including phenoxy) is 4. The fourth-order valence-electron chi connectivity index (χ4n) is 11.8. The average molecular weight is 1100 g/mol. The van der Waals surface area contributed by atoms with E-state index in [0.29, 0.717) is 135 Å². The molecule has 410 valence electrons. The van der Waals surface area contributed by atoms with Gasteiger partial charge in [0, 0.05) is 62.0 Å². The van der Waals surface area contributed by atoms with Crippen LogP contribution in [0, 0.1) is 0 Å². The highest BCUT2D eigenvalue weighted by Gasteiger charge is 2.53. The Morgan fingerprint density at radius 2 is 1.18 bits per heavy atom. The smallest absolute Gasteiger partial charge is 0.251 e. The number of rotatable bonds is 10. The lowest BCUT2D eigenvalue weighted by Crippen LogP contribution is -2.53. The molecule has 6 aliphatic heterocycles. The minimum atomic E-state index is -3.74. The number of amides is 2. The number of nitrogens with one attached hydrogen (secondary N) is 2. The lowest BCUT2D eigenvalue weighted by atomic mass is 9.97. The molecule has 24 heteroatoms. The van der Waals surface area contributed by atoms with Crippen molar-refractivity contribution in [3.63, 3.8) is 0 Å². The number of nitrogens with zero attached hydrogens (tertiary/aromatic N) is 10. The minimum absolute atomic E-state index is 0.0135. The fraction of sp³-hybridized carbons (Fsp3) is 0.481. The molecule has 0 radical (unpaired) electrons. The number of pyridine rings is 2. The normalized spacial score (nSPS) is 26.0. The SMILES string of the molecule is CNC(=O)c1cccc(-c2ccc3c(N4CCOC[C@@H]4C)nc(N4CCO[C@@]5(CC(CNC(=O)c6cccc(-c7ccc8c(N9CCOC[C@@H]9C)nc(N9CCO[C@]%10(CCS(=O)(=O)C%10)C9)nc8n7)c6)S(=O)(=O)C5)C4)nc3n2)c1. The van der Waals surface area contributed by atoms with Gasteiger partial charge in [-0.3, -0.25) is 9.59 Å². The number of anilines is 4. The van der Waals surface area contributed by atoms with E-state index in [1.54, 1.807) is 37.4 Å². The van der Waals surface area contributed by atoms with Crippen LogP contribution < -0.4 is 30.2 Å². The summed E-state index contributed by atoms with van der Waals surface area (Å²) >= 11 is 0. The van der Waals surface area contributed by atoms with E-state index in [9.17, 15) is 26.4 Å². The Labute approximate surface area is 452 Å². The van der Waals surface area contributed by atoms with Crippen LogP contribution in [-0.2, 0) is 38.6 Å². The van der Waals surface area contributed by atoms with Gasteiger partial charge in [0.25, 0.3) is 11.8 Å². The van der Waals surface area contributed by atoms with Crippen LogP contribution in [0.25, 0.3) is 44.6 Å². The monoisotopic (exact) mass is 1100 g/mol. The van der Waals surface area contributed by atoms with Crippen molar-refractivity contribution in [3.05, 3.63) is 83.9 Å². The first-order valence-electron chi connectivity index (χ1n) is 26.5. The summed E-state index contributed by atoms with van der Waals surface area (Å²) in [5, 5.41) is 6.17. The number of morpholine rings is 4. The number of aromatic nitrogens is 6. The molecule has 1 unspecified atom stereocenters. The molecule has 10 heterocycles. The zero-order chi connectivity index (χ0) is 54.0. The van der Waals surface area contributed by atoms with E-state index in [0.717, 1.165) is 16.3 Å². The molecule has 0 bridgehead atoms. The largest absolute Gasteiger partial charge is 0.377 e. The third-order valence-electron chi connectivity index (χ3n) is 15.9. The summed E-state index contributed by atoms with van der Waals surface area (Å²) in [6.45, 7) is 9.34. The molecule has 2 N–H and O–H groups in total. The van der Waals surface area contributed by atoms with Crippen LogP contribution in [0.2, 0.25) is 0 Å². The van der Waals surface area contributed by atoms with Crippen molar-refractivity contribution in [2.45, 2.75) is 55.2 Å². The van der Waals surface area contributed by atoms with Gasteiger partial charge in [-0.05, 0) is 75.2 Å². The molecule has 6 fully saturated rings. The highest BCUT2D eigenvalue weighted by molar-refractivity contribution is 7.92. The van der Waals surface area contributed by atoms with Crippen LogP contribution in [0.4, 0.5) is 23.5 Å². The van der Waals surface area contributed by atoms with E-state index in [2.05, 4.69) is 34.3 Å². The molecular formula is C54H62N12O10S2. The molecule has 2 spiro atoms. The maximum Gasteiger partial charge on any atom is 0.251 e. The molecule has 2 amide bonds. The van der Waals surface area contributed by atoms with Crippen LogP contribution in [0.15, 0.2) is 72.8 Å². The van der Waals surface area contributed by atoms with Crippen molar-refractivity contribution in [2.75, 3.05) is 129 Å².